The molecule has 2 aliphatic heterocycles. The summed E-state index contributed by atoms with van der Waals surface area (Å²) < 4.78 is 5.93. The molecule has 7 nitrogen and oxygen atoms in total. The number of amides is 3. The van der Waals surface area contributed by atoms with Gasteiger partial charge in [-0.25, -0.2) is 4.79 Å². The Kier molecular flexibility index (Phi) is 5.46. The Balaban J connectivity index is 1.46. The molecule has 0 spiro atoms. The van der Waals surface area contributed by atoms with Crippen molar-refractivity contribution in [1.29, 1.82) is 0 Å². The monoisotopic (exact) mass is 356 g/mol. The first-order valence-electron chi connectivity index (χ1n) is 8.62. The van der Waals surface area contributed by atoms with E-state index in [2.05, 4.69) is 10.6 Å². The average Bonchev–Trinajstić information content (AvgIpc) is 2.62. The van der Waals surface area contributed by atoms with Gasteiger partial charge in [-0.3, -0.25) is 4.79 Å². The van der Waals surface area contributed by atoms with E-state index in [0.29, 0.717) is 25.3 Å². The first-order chi connectivity index (χ1) is 12.5. The molecule has 0 aromatic heterocycles. The van der Waals surface area contributed by atoms with Gasteiger partial charge in [-0.2, -0.15) is 0 Å². The highest BCUT2D eigenvalue weighted by molar-refractivity contribution is 5.79. The molecule has 0 radical (unpaired) electrons. The van der Waals surface area contributed by atoms with Crippen LogP contribution in [0, 0.1) is 0 Å². The molecule has 2 aliphatic rings. The summed E-state index contributed by atoms with van der Waals surface area (Å²) in [4.78, 5) is 27.1. The van der Waals surface area contributed by atoms with E-state index < -0.39 is 0 Å². The van der Waals surface area contributed by atoms with Gasteiger partial charge in [-0.15, -0.1) is 0 Å². The number of carbonyl (C=O) groups excluding carboxylic acids is 2. The van der Waals surface area contributed by atoms with Gasteiger partial charge < -0.3 is 25.2 Å². The van der Waals surface area contributed by atoms with Crippen LogP contribution in [0.5, 0.6) is 0 Å². The second-order valence-electron chi connectivity index (χ2n) is 6.56. The average molecular weight is 356 g/mol. The van der Waals surface area contributed by atoms with Gasteiger partial charge in [0.05, 0.1) is 19.5 Å². The summed E-state index contributed by atoms with van der Waals surface area (Å²) >= 11 is 0. The Bertz CT molecular complexity index is 703. The molecule has 2 N–H and O–H groups in total. The van der Waals surface area contributed by atoms with Crippen LogP contribution in [-0.2, 0) is 16.0 Å². The largest absolute Gasteiger partial charge is 0.485 e. The number of benzene rings is 1. The molecule has 0 saturated carbocycles. The van der Waals surface area contributed by atoms with Crippen molar-refractivity contribution < 1.29 is 14.3 Å². The highest BCUT2D eigenvalue weighted by Gasteiger charge is 2.28. The van der Waals surface area contributed by atoms with Gasteiger partial charge in [0.25, 0.3) is 0 Å². The lowest BCUT2D eigenvalue weighted by Gasteiger charge is -2.36. The summed E-state index contributed by atoms with van der Waals surface area (Å²) in [5.41, 5.74) is 0.976. The minimum Gasteiger partial charge on any atom is -0.485 e. The maximum atomic E-state index is 12.1. The lowest BCUT2D eigenvalue weighted by molar-refractivity contribution is -0.121. The number of allylic oxidation sites excluding steroid dienone is 1. The van der Waals surface area contributed by atoms with Crippen LogP contribution in [0.1, 0.15) is 5.56 Å². The molecule has 1 unspecified atom stereocenters. The van der Waals surface area contributed by atoms with E-state index >= 15 is 0 Å². The van der Waals surface area contributed by atoms with Crippen molar-refractivity contribution in [2.24, 2.45) is 0 Å². The van der Waals surface area contributed by atoms with Crippen LogP contribution >= 0.6 is 0 Å². The van der Waals surface area contributed by atoms with Gasteiger partial charge in [-0.1, -0.05) is 30.3 Å². The van der Waals surface area contributed by atoms with Crippen LogP contribution in [0.4, 0.5) is 4.79 Å². The third-order valence-corrected chi connectivity index (χ3v) is 4.29. The molecule has 138 valence electrons. The predicted octanol–water partition coefficient (Wildman–Crippen LogP) is 1.05. The second-order valence-corrected chi connectivity index (χ2v) is 6.56. The second kappa shape index (κ2) is 7.95. The van der Waals surface area contributed by atoms with Crippen LogP contribution in [0.3, 0.4) is 0 Å². The van der Waals surface area contributed by atoms with Crippen molar-refractivity contribution in [3.63, 3.8) is 0 Å². The van der Waals surface area contributed by atoms with E-state index in [0.717, 1.165) is 5.56 Å². The Hall–Kier alpha value is -2.96. The molecule has 1 aromatic carbocycles. The number of likely N-dealkylation sites (N-methyl/N-ethyl adjacent to an activating group) is 2. The quantitative estimate of drug-likeness (QED) is 0.827. The third-order valence-electron chi connectivity index (χ3n) is 4.29. The molecule has 7 heteroatoms. The van der Waals surface area contributed by atoms with Crippen molar-refractivity contribution >= 4 is 11.9 Å². The number of nitrogens with zero attached hydrogens (tertiary/aromatic N) is 2. The van der Waals surface area contributed by atoms with E-state index in [1.54, 1.807) is 30.1 Å². The SMILES string of the molecule is CN1CC(OC2=CNC(NC(=O)Cc3ccccc3)C=C2)CN(C)C1=O. The Morgan fingerprint density at radius 3 is 2.54 bits per heavy atom. The fourth-order valence-corrected chi connectivity index (χ4v) is 3.02. The number of rotatable bonds is 5. The highest BCUT2D eigenvalue weighted by Crippen LogP contribution is 2.14. The maximum Gasteiger partial charge on any atom is 0.319 e. The van der Waals surface area contributed by atoms with Crippen LogP contribution in [0.15, 0.2) is 54.4 Å². The number of carbonyl (C=O) groups is 2. The number of ether oxygens (including phenoxy) is 1. The lowest BCUT2D eigenvalue weighted by Crippen LogP contribution is -2.53. The third kappa shape index (κ3) is 4.56. The topological polar surface area (TPSA) is 73.9 Å². The van der Waals surface area contributed by atoms with Crippen LogP contribution in [0.25, 0.3) is 0 Å². The number of nitrogens with one attached hydrogen (secondary N) is 2. The zero-order valence-corrected chi connectivity index (χ0v) is 15.0. The molecular weight excluding hydrogens is 332 g/mol. The summed E-state index contributed by atoms with van der Waals surface area (Å²) in [6.07, 6.45) is 5.40. The first-order valence-corrected chi connectivity index (χ1v) is 8.62. The standard InChI is InChI=1S/C19H24N4O3/c1-22-12-16(13-23(2)19(22)25)26-15-8-9-17(20-11-15)21-18(24)10-14-6-4-3-5-7-14/h3-9,11,16-17,20H,10,12-13H2,1-2H3,(H,21,24). The zero-order chi connectivity index (χ0) is 18.5. The minimum absolute atomic E-state index is 0.00247. The molecule has 1 fully saturated rings. The Morgan fingerprint density at radius 2 is 1.92 bits per heavy atom. The van der Waals surface area contributed by atoms with Crippen LogP contribution in [0.2, 0.25) is 0 Å². The van der Waals surface area contributed by atoms with Gasteiger partial charge >= 0.3 is 6.03 Å². The smallest absolute Gasteiger partial charge is 0.319 e. The van der Waals surface area contributed by atoms with Gasteiger partial charge in [-0.05, 0) is 17.7 Å². The Morgan fingerprint density at radius 1 is 1.23 bits per heavy atom. The minimum atomic E-state index is -0.267. The van der Waals surface area contributed by atoms with Crippen LogP contribution in [-0.4, -0.2) is 61.2 Å². The van der Waals surface area contributed by atoms with Gasteiger partial charge in [0, 0.05) is 20.3 Å². The van der Waals surface area contributed by atoms with Gasteiger partial charge in [0.1, 0.15) is 18.0 Å². The summed E-state index contributed by atoms with van der Waals surface area (Å²) in [7, 11) is 3.52. The number of hydrogen-bond donors (Lipinski definition) is 2. The first kappa shape index (κ1) is 17.8. The number of urea groups is 1. The zero-order valence-electron chi connectivity index (χ0n) is 15.0. The fourth-order valence-electron chi connectivity index (χ4n) is 3.02. The van der Waals surface area contributed by atoms with Gasteiger partial charge in [0.15, 0.2) is 0 Å². The molecule has 1 aromatic rings. The summed E-state index contributed by atoms with van der Waals surface area (Å²) in [6, 6.07) is 9.62. The lowest BCUT2D eigenvalue weighted by atomic mass is 10.1. The molecule has 0 aliphatic carbocycles. The van der Waals surface area contributed by atoms with E-state index in [9.17, 15) is 9.59 Å². The molecule has 2 heterocycles. The molecule has 3 amide bonds. The summed E-state index contributed by atoms with van der Waals surface area (Å²) in [5, 5.41) is 6.02. The molecule has 1 atom stereocenters. The van der Waals surface area contributed by atoms with Crippen LogP contribution < -0.4 is 10.6 Å². The van der Waals surface area contributed by atoms with E-state index in [1.165, 1.54) is 0 Å². The van der Waals surface area contributed by atoms with E-state index in [1.807, 2.05) is 42.5 Å². The van der Waals surface area contributed by atoms with Crippen molar-refractivity contribution in [3.05, 3.63) is 60.0 Å². The number of hydrogen-bond acceptors (Lipinski definition) is 4. The number of dihydropyridines is 1. The molecule has 3 rings (SSSR count). The predicted molar refractivity (Wildman–Crippen MR) is 98.0 cm³/mol. The van der Waals surface area contributed by atoms with E-state index in [4.69, 9.17) is 4.74 Å². The van der Waals surface area contributed by atoms with Crippen molar-refractivity contribution in [2.45, 2.75) is 18.7 Å². The molecular formula is C19H24N4O3. The maximum absolute atomic E-state index is 12.1. The fraction of sp³-hybridized carbons (Fsp3) is 0.368. The van der Waals surface area contributed by atoms with E-state index in [-0.39, 0.29) is 24.2 Å². The molecule has 26 heavy (non-hydrogen) atoms. The van der Waals surface area contributed by atoms with Crippen molar-refractivity contribution in [3.8, 4) is 0 Å². The Labute approximate surface area is 153 Å². The van der Waals surface area contributed by atoms with Crippen molar-refractivity contribution in [2.75, 3.05) is 27.2 Å². The van der Waals surface area contributed by atoms with Crippen molar-refractivity contribution in [1.82, 2.24) is 20.4 Å². The normalized spacial score (nSPS) is 20.5. The molecule has 0 bridgehead atoms. The van der Waals surface area contributed by atoms with Gasteiger partial charge in [0.2, 0.25) is 5.91 Å². The highest BCUT2D eigenvalue weighted by atomic mass is 16.5. The summed E-state index contributed by atoms with van der Waals surface area (Å²) in [5.74, 6) is 0.630. The summed E-state index contributed by atoms with van der Waals surface area (Å²) in [6.45, 7) is 1.09. The molecule has 1 saturated heterocycles.